The summed E-state index contributed by atoms with van der Waals surface area (Å²) in [5.41, 5.74) is 4.34. The molecule has 8 heteroatoms. The highest BCUT2D eigenvalue weighted by Crippen LogP contribution is 2.38. The first-order valence-corrected chi connectivity index (χ1v) is 13.5. The molecule has 2 aliphatic heterocycles. The highest BCUT2D eigenvalue weighted by molar-refractivity contribution is 5.98. The van der Waals surface area contributed by atoms with Crippen LogP contribution in [0.25, 0.3) is 22.0 Å². The van der Waals surface area contributed by atoms with Crippen molar-refractivity contribution < 1.29 is 23.5 Å². The van der Waals surface area contributed by atoms with Crippen molar-refractivity contribution in [1.82, 2.24) is 9.47 Å². The number of benzene rings is 3. The summed E-state index contributed by atoms with van der Waals surface area (Å²) in [6.45, 7) is 7.40. The quantitative estimate of drug-likeness (QED) is 0.291. The Labute approximate surface area is 232 Å². The fraction of sp³-hybridized carbons (Fsp3) is 0.312. The second-order valence-corrected chi connectivity index (χ2v) is 10.7. The van der Waals surface area contributed by atoms with E-state index < -0.39 is 5.60 Å². The van der Waals surface area contributed by atoms with E-state index in [1.807, 2.05) is 54.6 Å². The van der Waals surface area contributed by atoms with Crippen LogP contribution in [-0.4, -0.2) is 46.9 Å². The summed E-state index contributed by atoms with van der Waals surface area (Å²) < 4.78 is 23.1. The largest absolute Gasteiger partial charge is 0.441 e. The van der Waals surface area contributed by atoms with E-state index in [4.69, 9.17) is 14.3 Å². The molecule has 6 rings (SSSR count). The topological polar surface area (TPSA) is 71.8 Å². The molecule has 3 aromatic carbocycles. The molecule has 0 saturated carbocycles. The number of aromatic nitrogens is 1. The summed E-state index contributed by atoms with van der Waals surface area (Å²) in [6.07, 6.45) is 3.82. The fourth-order valence-corrected chi connectivity index (χ4v) is 5.90. The van der Waals surface area contributed by atoms with Gasteiger partial charge in [-0.3, -0.25) is 9.80 Å². The van der Waals surface area contributed by atoms with Gasteiger partial charge >= 0.3 is 12.2 Å². The second-order valence-electron chi connectivity index (χ2n) is 10.7. The Morgan fingerprint density at radius 1 is 0.925 bits per heavy atom. The third kappa shape index (κ3) is 5.28. The van der Waals surface area contributed by atoms with Crippen LogP contribution in [0.4, 0.5) is 14.9 Å². The molecule has 0 radical (unpaired) electrons. The molecule has 1 aromatic heterocycles. The molecule has 0 unspecified atom stereocenters. The number of piperidine rings is 1. The van der Waals surface area contributed by atoms with Crippen LogP contribution in [0, 0.1) is 5.82 Å². The SMILES string of the molecule is CC(C)n1cc(CN2CCC3(CC2)CN(c2ccccc2)C(=O)O3)c2c(-c3ccccc3F)cccc21.O=C=O. The van der Waals surface area contributed by atoms with Crippen LogP contribution in [0.2, 0.25) is 0 Å². The Bertz CT molecular complexity index is 1530. The number of carbonyl (C=O) groups is 1. The van der Waals surface area contributed by atoms with Crippen LogP contribution in [-0.2, 0) is 20.9 Å². The number of hydrogen-bond donors (Lipinski definition) is 0. The molecular weight excluding hydrogens is 509 g/mol. The molecule has 1 spiro atoms. The van der Waals surface area contributed by atoms with Crippen molar-refractivity contribution in [3.63, 3.8) is 0 Å². The van der Waals surface area contributed by atoms with Gasteiger partial charge in [-0.25, -0.2) is 9.18 Å². The molecule has 2 fully saturated rings. The molecule has 1 amide bonds. The van der Waals surface area contributed by atoms with Crippen LogP contribution < -0.4 is 4.90 Å². The zero-order valence-corrected chi connectivity index (χ0v) is 22.7. The number of nitrogens with zero attached hydrogens (tertiary/aromatic N) is 3. The molecule has 2 saturated heterocycles. The summed E-state index contributed by atoms with van der Waals surface area (Å²) >= 11 is 0. The predicted molar refractivity (Wildman–Crippen MR) is 150 cm³/mol. The van der Waals surface area contributed by atoms with Crippen LogP contribution in [0.1, 0.15) is 38.3 Å². The molecule has 7 nitrogen and oxygen atoms in total. The van der Waals surface area contributed by atoms with Crippen molar-refractivity contribution in [2.45, 2.75) is 44.9 Å². The summed E-state index contributed by atoms with van der Waals surface area (Å²) in [4.78, 5) is 33.1. The number of amides is 1. The van der Waals surface area contributed by atoms with E-state index in [-0.39, 0.29) is 18.1 Å². The minimum atomic E-state index is -0.437. The molecule has 40 heavy (non-hydrogen) atoms. The minimum absolute atomic E-state index is 0.204. The summed E-state index contributed by atoms with van der Waals surface area (Å²) in [6, 6.07) is 23.2. The minimum Gasteiger partial charge on any atom is -0.441 e. The normalized spacial score (nSPS) is 16.6. The lowest BCUT2D eigenvalue weighted by atomic mass is 9.90. The molecule has 0 bridgehead atoms. The number of para-hydroxylation sites is 1. The summed E-state index contributed by atoms with van der Waals surface area (Å²) in [7, 11) is 0. The zero-order chi connectivity index (χ0) is 28.3. The molecule has 206 valence electrons. The Morgan fingerprint density at radius 3 is 2.25 bits per heavy atom. The lowest BCUT2D eigenvalue weighted by Crippen LogP contribution is -2.46. The summed E-state index contributed by atoms with van der Waals surface area (Å²) in [5.74, 6) is -0.204. The van der Waals surface area contributed by atoms with Crippen LogP contribution >= 0.6 is 0 Å². The summed E-state index contributed by atoms with van der Waals surface area (Å²) in [5, 5.41) is 1.11. The zero-order valence-electron chi connectivity index (χ0n) is 22.7. The van der Waals surface area contributed by atoms with Crippen LogP contribution in [0.15, 0.2) is 79.0 Å². The smallest absolute Gasteiger partial charge is 0.415 e. The Balaban J connectivity index is 0.00000103. The van der Waals surface area contributed by atoms with Crippen LogP contribution in [0.3, 0.4) is 0 Å². The monoisotopic (exact) mass is 541 g/mol. The number of hydrogen-bond acceptors (Lipinski definition) is 5. The third-order valence-electron chi connectivity index (χ3n) is 7.86. The third-order valence-corrected chi connectivity index (χ3v) is 7.86. The fourth-order valence-electron chi connectivity index (χ4n) is 5.90. The van der Waals surface area contributed by atoms with Gasteiger partial charge in [0, 0.05) is 66.9 Å². The van der Waals surface area contributed by atoms with Crippen molar-refractivity contribution >= 4 is 28.8 Å². The number of anilines is 1. The second kappa shape index (κ2) is 11.5. The highest BCUT2D eigenvalue weighted by Gasteiger charge is 2.47. The molecular formula is C32H32FN3O4. The van der Waals surface area contributed by atoms with E-state index in [9.17, 15) is 9.18 Å². The van der Waals surface area contributed by atoms with E-state index in [1.165, 1.54) is 11.6 Å². The number of halogens is 1. The van der Waals surface area contributed by atoms with Gasteiger partial charge in [0.15, 0.2) is 0 Å². The van der Waals surface area contributed by atoms with Crippen molar-refractivity contribution in [1.29, 1.82) is 0 Å². The first-order chi connectivity index (χ1) is 19.4. The van der Waals surface area contributed by atoms with E-state index in [0.717, 1.165) is 54.6 Å². The van der Waals surface area contributed by atoms with Crippen molar-refractivity contribution in [2.24, 2.45) is 0 Å². The molecule has 0 aliphatic carbocycles. The van der Waals surface area contributed by atoms with Gasteiger partial charge in [-0.1, -0.05) is 48.5 Å². The Morgan fingerprint density at radius 2 is 1.57 bits per heavy atom. The number of carbonyl (C=O) groups excluding carboxylic acids is 3. The number of fused-ring (bicyclic) bond motifs is 1. The van der Waals surface area contributed by atoms with E-state index in [1.54, 1.807) is 11.0 Å². The number of likely N-dealkylation sites (tertiary alicyclic amines) is 1. The Hall–Kier alpha value is -4.26. The first-order valence-electron chi connectivity index (χ1n) is 13.5. The molecule has 0 N–H and O–H groups in total. The first kappa shape index (κ1) is 27.3. The maximum atomic E-state index is 14.9. The average molecular weight is 542 g/mol. The molecule has 0 atom stereocenters. The maximum absolute atomic E-state index is 14.9. The molecule has 3 heterocycles. The lowest BCUT2D eigenvalue weighted by molar-refractivity contribution is -0.191. The van der Waals surface area contributed by atoms with Gasteiger partial charge in [-0.2, -0.15) is 9.59 Å². The van der Waals surface area contributed by atoms with Gasteiger partial charge in [0.25, 0.3) is 0 Å². The van der Waals surface area contributed by atoms with Crippen molar-refractivity contribution in [3.8, 4) is 11.1 Å². The molecule has 2 aliphatic rings. The number of rotatable bonds is 5. The highest BCUT2D eigenvalue weighted by atomic mass is 19.1. The van der Waals surface area contributed by atoms with E-state index in [0.29, 0.717) is 18.2 Å². The van der Waals surface area contributed by atoms with Crippen molar-refractivity contribution in [2.75, 3.05) is 24.5 Å². The van der Waals surface area contributed by atoms with Gasteiger partial charge in [0.05, 0.1) is 6.54 Å². The van der Waals surface area contributed by atoms with Gasteiger partial charge in [0.2, 0.25) is 0 Å². The van der Waals surface area contributed by atoms with Gasteiger partial charge in [-0.15, -0.1) is 0 Å². The van der Waals surface area contributed by atoms with E-state index in [2.05, 4.69) is 35.6 Å². The van der Waals surface area contributed by atoms with Gasteiger partial charge in [0.1, 0.15) is 11.4 Å². The van der Waals surface area contributed by atoms with Crippen LogP contribution in [0.5, 0.6) is 0 Å². The predicted octanol–water partition coefficient (Wildman–Crippen LogP) is 6.44. The number of ether oxygens (including phenoxy) is 1. The van der Waals surface area contributed by atoms with Crippen molar-refractivity contribution in [3.05, 3.63) is 90.4 Å². The standard InChI is InChI=1S/C31H32FN3O2.CO2/c1-22(2)34-20-23(29-26(12-8-14-28(29)34)25-11-6-7-13-27(25)32)19-33-17-15-31(16-18-33)21-35(30(36)37-31)24-9-4-3-5-10-24;2-1-3/h3-14,20,22H,15-19,21H2,1-2H3;. The van der Waals surface area contributed by atoms with Gasteiger partial charge < -0.3 is 9.30 Å². The lowest BCUT2D eigenvalue weighted by Gasteiger charge is -2.37. The average Bonchev–Trinajstić information content (AvgIpc) is 3.49. The Kier molecular flexibility index (Phi) is 7.83. The maximum Gasteiger partial charge on any atom is 0.415 e. The van der Waals surface area contributed by atoms with Gasteiger partial charge in [-0.05, 0) is 49.2 Å². The van der Waals surface area contributed by atoms with E-state index >= 15 is 0 Å². The molecule has 4 aromatic rings.